The molecule has 0 aliphatic carbocycles. The molecule has 0 N–H and O–H groups in total. The average molecular weight is 328 g/mol. The Balaban J connectivity index is 1.90. The molecule has 0 bridgehead atoms. The lowest BCUT2D eigenvalue weighted by atomic mass is 10.3. The first-order valence-electron chi connectivity index (χ1n) is 7.28. The van der Waals surface area contributed by atoms with Crippen LogP contribution in [0.3, 0.4) is 0 Å². The number of ether oxygens (including phenoxy) is 3. The van der Waals surface area contributed by atoms with Gasteiger partial charge in [-0.15, -0.1) is 11.8 Å². The van der Waals surface area contributed by atoms with Crippen LogP contribution < -0.4 is 10.4 Å². The van der Waals surface area contributed by atoms with Crippen molar-refractivity contribution >= 4 is 17.7 Å². The van der Waals surface area contributed by atoms with E-state index in [-0.39, 0.29) is 18.0 Å². The minimum Gasteiger partial charge on any atom is -0.478 e. The van der Waals surface area contributed by atoms with E-state index in [9.17, 15) is 9.59 Å². The monoisotopic (exact) mass is 328 g/mol. The number of nitrogens with zero attached hydrogens (tertiary/aromatic N) is 2. The Morgan fingerprint density at radius 2 is 2.36 bits per heavy atom. The first-order valence-corrected chi connectivity index (χ1v) is 8.33. The Hall–Kier alpha value is -1.54. The molecule has 0 amide bonds. The molecule has 1 aliphatic heterocycles. The lowest BCUT2D eigenvalue weighted by Gasteiger charge is -2.15. The summed E-state index contributed by atoms with van der Waals surface area (Å²) in [7, 11) is 0. The van der Waals surface area contributed by atoms with E-state index >= 15 is 0 Å². The van der Waals surface area contributed by atoms with Gasteiger partial charge in [-0.1, -0.05) is 6.92 Å². The largest absolute Gasteiger partial charge is 0.478 e. The second kappa shape index (κ2) is 8.19. The van der Waals surface area contributed by atoms with Gasteiger partial charge in [-0.3, -0.25) is 9.36 Å². The fourth-order valence-electron chi connectivity index (χ4n) is 1.96. The molecule has 0 radical (unpaired) electrons. The molecule has 1 aromatic heterocycles. The van der Waals surface area contributed by atoms with Crippen LogP contribution in [0.5, 0.6) is 5.88 Å². The van der Waals surface area contributed by atoms with Crippen LogP contribution in [0, 0.1) is 0 Å². The van der Waals surface area contributed by atoms with E-state index in [4.69, 9.17) is 14.2 Å². The molecule has 8 heteroatoms. The molecule has 1 saturated heterocycles. The predicted octanol–water partition coefficient (Wildman–Crippen LogP) is 1.57. The molecular formula is C14H20N2O5S. The topological polar surface area (TPSA) is 79.7 Å². The standard InChI is InChI=1S/C14H20N2O5S/c1-3-5-12(17)20-8-13-21-11(9-22-13)16-7-6-10(19-4-2)15-14(16)18/h6-7,11,13H,3-5,8-9H2,1-2H3. The summed E-state index contributed by atoms with van der Waals surface area (Å²) in [4.78, 5) is 27.1. The third-order valence-electron chi connectivity index (χ3n) is 2.97. The van der Waals surface area contributed by atoms with Crippen LogP contribution in [-0.4, -0.2) is 39.9 Å². The van der Waals surface area contributed by atoms with Crippen LogP contribution in [0.15, 0.2) is 17.1 Å². The van der Waals surface area contributed by atoms with Crippen LogP contribution in [0.2, 0.25) is 0 Å². The zero-order valence-corrected chi connectivity index (χ0v) is 13.5. The second-order valence-corrected chi connectivity index (χ2v) is 5.87. The van der Waals surface area contributed by atoms with Gasteiger partial charge in [-0.25, -0.2) is 4.79 Å². The van der Waals surface area contributed by atoms with Crippen molar-refractivity contribution in [2.45, 2.75) is 38.4 Å². The van der Waals surface area contributed by atoms with Gasteiger partial charge in [0.25, 0.3) is 0 Å². The average Bonchev–Trinajstić information content (AvgIpc) is 2.95. The van der Waals surface area contributed by atoms with Gasteiger partial charge in [0.2, 0.25) is 5.88 Å². The third kappa shape index (κ3) is 4.48. The fraction of sp³-hybridized carbons (Fsp3) is 0.643. The van der Waals surface area contributed by atoms with Crippen molar-refractivity contribution in [1.29, 1.82) is 0 Å². The van der Waals surface area contributed by atoms with E-state index in [1.807, 2.05) is 13.8 Å². The summed E-state index contributed by atoms with van der Waals surface area (Å²) >= 11 is 1.51. The molecule has 1 fully saturated rings. The molecule has 0 spiro atoms. The summed E-state index contributed by atoms with van der Waals surface area (Å²) in [6, 6.07) is 1.63. The highest BCUT2D eigenvalue weighted by Crippen LogP contribution is 2.31. The van der Waals surface area contributed by atoms with Gasteiger partial charge in [0, 0.05) is 24.4 Å². The molecule has 7 nitrogen and oxygen atoms in total. The number of rotatable bonds is 7. The van der Waals surface area contributed by atoms with Crippen LogP contribution in [0.1, 0.15) is 32.9 Å². The van der Waals surface area contributed by atoms with Gasteiger partial charge in [0.1, 0.15) is 18.3 Å². The molecular weight excluding hydrogens is 308 g/mol. The van der Waals surface area contributed by atoms with Crippen molar-refractivity contribution in [1.82, 2.24) is 9.55 Å². The lowest BCUT2D eigenvalue weighted by Crippen LogP contribution is -2.28. The number of hydrogen-bond donors (Lipinski definition) is 0. The first kappa shape index (κ1) is 16.8. The SMILES string of the molecule is CCCC(=O)OCC1OC(n2ccc(OCC)nc2=O)CS1. The van der Waals surface area contributed by atoms with Crippen molar-refractivity contribution in [3.05, 3.63) is 22.7 Å². The Morgan fingerprint density at radius 3 is 3.05 bits per heavy atom. The van der Waals surface area contributed by atoms with Crippen molar-refractivity contribution in [2.24, 2.45) is 0 Å². The predicted molar refractivity (Wildman–Crippen MR) is 81.9 cm³/mol. The second-order valence-electron chi connectivity index (χ2n) is 4.68. The highest BCUT2D eigenvalue weighted by atomic mass is 32.2. The number of carbonyl (C=O) groups excluding carboxylic acids is 1. The Bertz CT molecular complexity index is 562. The number of hydrogen-bond acceptors (Lipinski definition) is 7. The Morgan fingerprint density at radius 1 is 1.55 bits per heavy atom. The normalized spacial score (nSPS) is 20.8. The van der Waals surface area contributed by atoms with Crippen molar-refractivity contribution < 1.29 is 19.0 Å². The van der Waals surface area contributed by atoms with Crippen molar-refractivity contribution in [3.8, 4) is 5.88 Å². The van der Waals surface area contributed by atoms with Gasteiger partial charge >= 0.3 is 11.7 Å². The minimum absolute atomic E-state index is 0.194. The summed E-state index contributed by atoms with van der Waals surface area (Å²) in [5, 5.41) is 0. The summed E-state index contributed by atoms with van der Waals surface area (Å²) < 4.78 is 17.5. The van der Waals surface area contributed by atoms with Crippen LogP contribution in [-0.2, 0) is 14.3 Å². The zero-order valence-electron chi connectivity index (χ0n) is 12.7. The van der Waals surface area contributed by atoms with Crippen LogP contribution >= 0.6 is 11.8 Å². The Kier molecular flexibility index (Phi) is 6.26. The lowest BCUT2D eigenvalue weighted by molar-refractivity contribution is -0.146. The van der Waals surface area contributed by atoms with E-state index < -0.39 is 11.9 Å². The third-order valence-corrected chi connectivity index (χ3v) is 4.07. The summed E-state index contributed by atoms with van der Waals surface area (Å²) in [5.41, 5.74) is -0.676. The van der Waals surface area contributed by atoms with Gasteiger partial charge in [0.05, 0.1) is 6.61 Å². The molecule has 2 rings (SSSR count). The van der Waals surface area contributed by atoms with Crippen molar-refractivity contribution in [2.75, 3.05) is 19.0 Å². The zero-order chi connectivity index (χ0) is 15.9. The molecule has 0 aromatic carbocycles. The maximum absolute atomic E-state index is 12.0. The fourth-order valence-corrected chi connectivity index (χ4v) is 2.95. The number of esters is 1. The molecule has 122 valence electrons. The van der Waals surface area contributed by atoms with Gasteiger partial charge in [-0.2, -0.15) is 4.98 Å². The smallest absolute Gasteiger partial charge is 0.353 e. The molecule has 2 atom stereocenters. The van der Waals surface area contributed by atoms with Gasteiger partial charge < -0.3 is 14.2 Å². The van der Waals surface area contributed by atoms with Crippen molar-refractivity contribution in [3.63, 3.8) is 0 Å². The molecule has 1 aliphatic rings. The number of aromatic nitrogens is 2. The summed E-state index contributed by atoms with van der Waals surface area (Å²) in [6.45, 7) is 4.40. The number of thioether (sulfide) groups is 1. The Labute approximate surface area is 133 Å². The molecule has 0 saturated carbocycles. The van der Waals surface area contributed by atoms with Crippen LogP contribution in [0.4, 0.5) is 0 Å². The van der Waals surface area contributed by atoms with Gasteiger partial charge in [-0.05, 0) is 13.3 Å². The molecule has 2 heterocycles. The van der Waals surface area contributed by atoms with E-state index in [2.05, 4.69) is 4.98 Å². The maximum Gasteiger partial charge on any atom is 0.353 e. The quantitative estimate of drug-likeness (QED) is 0.703. The molecule has 1 aromatic rings. The summed E-state index contributed by atoms with van der Waals surface area (Å²) in [5.74, 6) is 0.681. The maximum atomic E-state index is 12.0. The van der Waals surface area contributed by atoms with E-state index in [1.54, 1.807) is 12.3 Å². The minimum atomic E-state index is -0.417. The van der Waals surface area contributed by atoms with E-state index in [0.717, 1.165) is 6.42 Å². The van der Waals surface area contributed by atoms with E-state index in [1.165, 1.54) is 16.3 Å². The highest BCUT2D eigenvalue weighted by molar-refractivity contribution is 8.00. The molecule has 2 unspecified atom stereocenters. The van der Waals surface area contributed by atoms with Crippen LogP contribution in [0.25, 0.3) is 0 Å². The number of carbonyl (C=O) groups is 1. The van der Waals surface area contributed by atoms with E-state index in [0.29, 0.717) is 24.7 Å². The van der Waals surface area contributed by atoms with Gasteiger partial charge in [0.15, 0.2) is 0 Å². The highest BCUT2D eigenvalue weighted by Gasteiger charge is 2.29. The first-order chi connectivity index (χ1) is 10.6. The molecule has 22 heavy (non-hydrogen) atoms. The summed E-state index contributed by atoms with van der Waals surface area (Å²) in [6.07, 6.45) is 2.36.